The molecular formula is C25H32N4O3. The number of nitrogens with one attached hydrogen (secondary N) is 2. The summed E-state index contributed by atoms with van der Waals surface area (Å²) in [6.45, 7) is 10.1. The van der Waals surface area contributed by atoms with Gasteiger partial charge in [-0.1, -0.05) is 44.2 Å². The van der Waals surface area contributed by atoms with Gasteiger partial charge in [0.05, 0.1) is 0 Å². The van der Waals surface area contributed by atoms with E-state index in [1.807, 2.05) is 19.9 Å². The van der Waals surface area contributed by atoms with Crippen LogP contribution in [0.25, 0.3) is 0 Å². The average molecular weight is 437 g/mol. The van der Waals surface area contributed by atoms with Crippen LogP contribution >= 0.6 is 0 Å². The third kappa shape index (κ3) is 5.34. The van der Waals surface area contributed by atoms with Crippen LogP contribution in [0.4, 0.5) is 0 Å². The van der Waals surface area contributed by atoms with Crippen molar-refractivity contribution in [2.24, 2.45) is 5.41 Å². The van der Waals surface area contributed by atoms with E-state index >= 15 is 0 Å². The number of piperazine rings is 1. The molecule has 2 aromatic rings. The van der Waals surface area contributed by atoms with Gasteiger partial charge in [-0.05, 0) is 23.5 Å². The molecule has 1 fully saturated rings. The van der Waals surface area contributed by atoms with E-state index in [1.165, 1.54) is 11.6 Å². The van der Waals surface area contributed by atoms with Crippen molar-refractivity contribution in [3.05, 3.63) is 69.1 Å². The number of hydrogen-bond acceptors (Lipinski definition) is 5. The minimum atomic E-state index is -0.429. The number of aromatic nitrogens is 1. The first kappa shape index (κ1) is 22.4. The number of rotatable bonds is 6. The fourth-order valence-corrected chi connectivity index (χ4v) is 4.63. The Labute approximate surface area is 188 Å². The Hall–Kier alpha value is -2.77. The predicted molar refractivity (Wildman–Crippen MR) is 124 cm³/mol. The molecule has 1 amide bonds. The fraction of sp³-hybridized carbons (Fsp3) is 0.480. The molecule has 0 radical (unpaired) electrons. The van der Waals surface area contributed by atoms with Gasteiger partial charge >= 0.3 is 0 Å². The Morgan fingerprint density at radius 2 is 1.72 bits per heavy atom. The van der Waals surface area contributed by atoms with Crippen LogP contribution in [0.2, 0.25) is 0 Å². The summed E-state index contributed by atoms with van der Waals surface area (Å²) in [5.41, 5.74) is 1.85. The highest BCUT2D eigenvalue weighted by atomic mass is 16.2. The van der Waals surface area contributed by atoms with Gasteiger partial charge in [-0.3, -0.25) is 24.2 Å². The molecule has 7 nitrogen and oxygen atoms in total. The molecule has 1 aliphatic heterocycles. The number of carbonyl (C=O) groups is 2. The van der Waals surface area contributed by atoms with Gasteiger partial charge in [0.25, 0.3) is 11.5 Å². The molecule has 4 rings (SSSR count). The van der Waals surface area contributed by atoms with Crippen molar-refractivity contribution in [1.29, 1.82) is 0 Å². The SMILES string of the molecule is CC1(C)CC(=O)c2cc(C(=O)NCCN3CCN(Cc4ccccc4)CC3)c(=O)[nH]c2C1. The molecule has 1 saturated heterocycles. The molecule has 32 heavy (non-hydrogen) atoms. The van der Waals surface area contributed by atoms with Crippen LogP contribution in [0.15, 0.2) is 41.2 Å². The van der Waals surface area contributed by atoms with Gasteiger partial charge in [0.2, 0.25) is 0 Å². The summed E-state index contributed by atoms with van der Waals surface area (Å²) >= 11 is 0. The highest BCUT2D eigenvalue weighted by Gasteiger charge is 2.32. The topological polar surface area (TPSA) is 85.5 Å². The van der Waals surface area contributed by atoms with E-state index in [9.17, 15) is 14.4 Å². The van der Waals surface area contributed by atoms with E-state index in [1.54, 1.807) is 0 Å². The number of Topliss-reactive ketones (excluding diaryl/α,β-unsaturated/α-hetero) is 1. The zero-order valence-corrected chi connectivity index (χ0v) is 18.9. The van der Waals surface area contributed by atoms with Gasteiger partial charge < -0.3 is 10.3 Å². The zero-order valence-electron chi connectivity index (χ0n) is 18.9. The second kappa shape index (κ2) is 9.38. The number of fused-ring (bicyclic) bond motifs is 1. The van der Waals surface area contributed by atoms with E-state index in [0.29, 0.717) is 30.6 Å². The van der Waals surface area contributed by atoms with Gasteiger partial charge in [0.1, 0.15) is 5.56 Å². The Morgan fingerprint density at radius 3 is 2.44 bits per heavy atom. The van der Waals surface area contributed by atoms with E-state index in [-0.39, 0.29) is 16.8 Å². The molecule has 0 saturated carbocycles. The summed E-state index contributed by atoms with van der Waals surface area (Å²) < 4.78 is 0. The summed E-state index contributed by atoms with van der Waals surface area (Å²) in [4.78, 5) is 45.1. The van der Waals surface area contributed by atoms with Crippen LogP contribution in [0.5, 0.6) is 0 Å². The van der Waals surface area contributed by atoms with Gasteiger partial charge in [0, 0.05) is 63.5 Å². The Morgan fingerprint density at radius 1 is 1.03 bits per heavy atom. The summed E-state index contributed by atoms with van der Waals surface area (Å²) in [6, 6.07) is 11.9. The molecular weight excluding hydrogens is 404 g/mol. The van der Waals surface area contributed by atoms with Crippen LogP contribution in [-0.4, -0.2) is 65.7 Å². The average Bonchev–Trinajstić information content (AvgIpc) is 2.74. The molecule has 2 aliphatic rings. The molecule has 7 heteroatoms. The lowest BCUT2D eigenvalue weighted by Gasteiger charge is -2.34. The molecule has 0 bridgehead atoms. The number of amides is 1. The number of carbonyl (C=O) groups excluding carboxylic acids is 2. The molecule has 0 unspecified atom stereocenters. The van der Waals surface area contributed by atoms with Crippen molar-refractivity contribution >= 4 is 11.7 Å². The van der Waals surface area contributed by atoms with Crippen molar-refractivity contribution in [1.82, 2.24) is 20.1 Å². The first-order chi connectivity index (χ1) is 15.3. The van der Waals surface area contributed by atoms with Crippen molar-refractivity contribution in [3.63, 3.8) is 0 Å². The molecule has 0 spiro atoms. The molecule has 2 heterocycles. The molecule has 2 N–H and O–H groups in total. The number of ketones is 1. The molecule has 1 aromatic heterocycles. The van der Waals surface area contributed by atoms with Gasteiger partial charge in [-0.2, -0.15) is 0 Å². The minimum absolute atomic E-state index is 0.0180. The maximum Gasteiger partial charge on any atom is 0.261 e. The summed E-state index contributed by atoms with van der Waals surface area (Å²) in [6.07, 6.45) is 1.05. The van der Waals surface area contributed by atoms with Crippen LogP contribution < -0.4 is 10.9 Å². The maximum absolute atomic E-state index is 12.6. The van der Waals surface area contributed by atoms with Crippen LogP contribution in [-0.2, 0) is 13.0 Å². The number of benzene rings is 1. The fourth-order valence-electron chi connectivity index (χ4n) is 4.63. The molecule has 1 aliphatic carbocycles. The summed E-state index contributed by atoms with van der Waals surface area (Å²) in [7, 11) is 0. The number of nitrogens with zero attached hydrogens (tertiary/aromatic N) is 2. The quantitative estimate of drug-likeness (QED) is 0.724. The van der Waals surface area contributed by atoms with Crippen molar-refractivity contribution < 1.29 is 9.59 Å². The second-order valence-electron chi connectivity index (χ2n) is 9.70. The number of aromatic amines is 1. The van der Waals surface area contributed by atoms with E-state index in [2.05, 4.69) is 44.4 Å². The number of hydrogen-bond donors (Lipinski definition) is 2. The molecule has 170 valence electrons. The second-order valence-corrected chi connectivity index (χ2v) is 9.70. The van der Waals surface area contributed by atoms with Crippen molar-refractivity contribution in [2.45, 2.75) is 33.2 Å². The van der Waals surface area contributed by atoms with E-state index in [0.717, 1.165) is 39.3 Å². The zero-order chi connectivity index (χ0) is 22.7. The van der Waals surface area contributed by atoms with Gasteiger partial charge in [0.15, 0.2) is 5.78 Å². The molecule has 0 atom stereocenters. The smallest absolute Gasteiger partial charge is 0.261 e. The lowest BCUT2D eigenvalue weighted by molar-refractivity contribution is 0.0910. The van der Waals surface area contributed by atoms with Gasteiger partial charge in [-0.15, -0.1) is 0 Å². The monoisotopic (exact) mass is 436 g/mol. The van der Waals surface area contributed by atoms with Crippen molar-refractivity contribution in [2.75, 3.05) is 39.3 Å². The standard InChI is InChI=1S/C25H32N4O3/c1-25(2)15-21-19(22(30)16-25)14-20(24(32)27-21)23(31)26-8-9-28-10-12-29(13-11-28)17-18-6-4-3-5-7-18/h3-7,14H,8-13,15-17H2,1-2H3,(H,26,31)(H,27,32). The predicted octanol–water partition coefficient (Wildman–Crippen LogP) is 2.08. The lowest BCUT2D eigenvalue weighted by Crippen LogP contribution is -2.48. The van der Waals surface area contributed by atoms with Crippen molar-refractivity contribution in [3.8, 4) is 0 Å². The van der Waals surface area contributed by atoms with E-state index in [4.69, 9.17) is 0 Å². The minimum Gasteiger partial charge on any atom is -0.351 e. The van der Waals surface area contributed by atoms with Crippen LogP contribution in [0, 0.1) is 5.41 Å². The Balaban J connectivity index is 1.27. The Bertz CT molecular complexity index is 1040. The Kier molecular flexibility index (Phi) is 6.58. The highest BCUT2D eigenvalue weighted by molar-refractivity contribution is 6.02. The summed E-state index contributed by atoms with van der Waals surface area (Å²) in [5.74, 6) is -0.440. The normalized spacial score (nSPS) is 18.9. The first-order valence-corrected chi connectivity index (χ1v) is 11.4. The number of H-pyrrole nitrogens is 1. The third-order valence-electron chi connectivity index (χ3n) is 6.39. The van der Waals surface area contributed by atoms with E-state index < -0.39 is 11.5 Å². The summed E-state index contributed by atoms with van der Waals surface area (Å²) in [5, 5.41) is 2.85. The van der Waals surface area contributed by atoms with Crippen LogP contribution in [0.3, 0.4) is 0 Å². The van der Waals surface area contributed by atoms with Gasteiger partial charge in [-0.25, -0.2) is 0 Å². The largest absolute Gasteiger partial charge is 0.351 e. The first-order valence-electron chi connectivity index (χ1n) is 11.4. The van der Waals surface area contributed by atoms with Crippen LogP contribution in [0.1, 0.15) is 52.2 Å². The lowest BCUT2D eigenvalue weighted by atomic mass is 9.75. The third-order valence-corrected chi connectivity index (χ3v) is 6.39. The number of pyridine rings is 1. The highest BCUT2D eigenvalue weighted by Crippen LogP contribution is 2.33. The maximum atomic E-state index is 12.6. The molecule has 1 aromatic carbocycles.